The van der Waals surface area contributed by atoms with Gasteiger partial charge in [0.1, 0.15) is 11.9 Å². The van der Waals surface area contributed by atoms with Gasteiger partial charge in [0.25, 0.3) is 0 Å². The van der Waals surface area contributed by atoms with Gasteiger partial charge in [0.2, 0.25) is 0 Å². The Bertz CT molecular complexity index is 376. The molecular weight excluding hydrogens is 238 g/mol. The van der Waals surface area contributed by atoms with Crippen molar-refractivity contribution in [3.8, 4) is 5.75 Å². The summed E-state index contributed by atoms with van der Waals surface area (Å²) in [5.74, 6) is 0.877. The summed E-state index contributed by atoms with van der Waals surface area (Å²) < 4.78 is 11.2. The zero-order valence-electron chi connectivity index (χ0n) is 9.99. The molecule has 1 aliphatic rings. The Labute approximate surface area is 107 Å². The van der Waals surface area contributed by atoms with Crippen molar-refractivity contribution in [3.63, 3.8) is 0 Å². The largest absolute Gasteiger partial charge is 0.488 e. The molecule has 0 amide bonds. The van der Waals surface area contributed by atoms with Crippen LogP contribution in [0.1, 0.15) is 18.9 Å². The van der Waals surface area contributed by atoms with Gasteiger partial charge in [-0.15, -0.1) is 0 Å². The van der Waals surface area contributed by atoms with Crippen molar-refractivity contribution < 1.29 is 9.47 Å². The number of hydrogen-bond donors (Lipinski definition) is 1. The van der Waals surface area contributed by atoms with E-state index < -0.39 is 0 Å². The van der Waals surface area contributed by atoms with Crippen LogP contribution in [0.3, 0.4) is 0 Å². The number of hydrogen-bond acceptors (Lipinski definition) is 3. The number of rotatable bonds is 4. The third-order valence-electron chi connectivity index (χ3n) is 2.75. The average Bonchev–Trinajstić information content (AvgIpc) is 2.74. The molecule has 17 heavy (non-hydrogen) atoms. The summed E-state index contributed by atoms with van der Waals surface area (Å²) in [7, 11) is 0. The summed E-state index contributed by atoms with van der Waals surface area (Å²) in [5, 5.41) is 0.718. The Morgan fingerprint density at radius 2 is 2.41 bits per heavy atom. The molecule has 1 saturated heterocycles. The monoisotopic (exact) mass is 255 g/mol. The molecule has 2 N–H and O–H groups in total. The lowest BCUT2D eigenvalue weighted by molar-refractivity contribution is 0.140. The van der Waals surface area contributed by atoms with E-state index in [0.29, 0.717) is 6.61 Å². The average molecular weight is 256 g/mol. The molecule has 2 rings (SSSR count). The second-order valence-electron chi connectivity index (χ2n) is 4.54. The van der Waals surface area contributed by atoms with Crippen LogP contribution in [0, 0.1) is 0 Å². The molecule has 0 bridgehead atoms. The highest BCUT2D eigenvalue weighted by atomic mass is 35.5. The van der Waals surface area contributed by atoms with Crippen molar-refractivity contribution in [2.75, 3.05) is 13.2 Å². The third-order valence-corrected chi connectivity index (χ3v) is 2.98. The van der Waals surface area contributed by atoms with Gasteiger partial charge in [-0.2, -0.15) is 0 Å². The molecule has 2 atom stereocenters. The van der Waals surface area contributed by atoms with E-state index in [2.05, 4.69) is 0 Å². The van der Waals surface area contributed by atoms with Gasteiger partial charge >= 0.3 is 0 Å². The highest BCUT2D eigenvalue weighted by Crippen LogP contribution is 2.26. The van der Waals surface area contributed by atoms with Crippen LogP contribution in [0.5, 0.6) is 5.75 Å². The van der Waals surface area contributed by atoms with Crippen LogP contribution in [0.4, 0.5) is 0 Å². The molecule has 0 spiro atoms. The summed E-state index contributed by atoms with van der Waals surface area (Å²) >= 11 is 6.00. The highest BCUT2D eigenvalue weighted by molar-refractivity contribution is 6.30. The van der Waals surface area contributed by atoms with Gasteiger partial charge in [0.15, 0.2) is 0 Å². The van der Waals surface area contributed by atoms with E-state index in [1.807, 2.05) is 25.1 Å². The van der Waals surface area contributed by atoms with Crippen molar-refractivity contribution in [1.29, 1.82) is 0 Å². The molecule has 0 saturated carbocycles. The topological polar surface area (TPSA) is 44.5 Å². The van der Waals surface area contributed by atoms with Gasteiger partial charge in [0, 0.05) is 17.5 Å². The summed E-state index contributed by atoms with van der Waals surface area (Å²) in [4.78, 5) is 0. The lowest BCUT2D eigenvalue weighted by Gasteiger charge is -2.17. The van der Waals surface area contributed by atoms with Crippen molar-refractivity contribution >= 4 is 11.6 Å². The lowest BCUT2D eigenvalue weighted by Crippen LogP contribution is -2.20. The molecule has 1 heterocycles. The molecule has 1 aromatic rings. The van der Waals surface area contributed by atoms with E-state index >= 15 is 0 Å². The fourth-order valence-corrected chi connectivity index (χ4v) is 2.15. The minimum Gasteiger partial charge on any atom is -0.488 e. The molecule has 1 aromatic carbocycles. The summed E-state index contributed by atoms with van der Waals surface area (Å²) in [6, 6.07) is 5.78. The number of halogens is 1. The van der Waals surface area contributed by atoms with Crippen LogP contribution in [-0.4, -0.2) is 25.4 Å². The van der Waals surface area contributed by atoms with Crippen LogP contribution in [0.2, 0.25) is 5.02 Å². The Balaban J connectivity index is 2.13. The van der Waals surface area contributed by atoms with E-state index in [-0.39, 0.29) is 12.1 Å². The standard InChI is InChI=1S/C13H18ClNO2/c1-9(15)6-10-7-11(14)2-3-13(10)17-12-4-5-16-8-12/h2-3,7,9,12H,4-6,8,15H2,1H3. The maximum Gasteiger partial charge on any atom is 0.124 e. The highest BCUT2D eigenvalue weighted by Gasteiger charge is 2.18. The normalized spacial score (nSPS) is 21.5. The minimum absolute atomic E-state index is 0.0932. The summed E-state index contributed by atoms with van der Waals surface area (Å²) in [6.07, 6.45) is 1.87. The smallest absolute Gasteiger partial charge is 0.124 e. The SMILES string of the molecule is CC(N)Cc1cc(Cl)ccc1OC1CCOC1. The first-order chi connectivity index (χ1) is 8.15. The van der Waals surface area contributed by atoms with E-state index in [9.17, 15) is 0 Å². The molecule has 2 unspecified atom stereocenters. The van der Waals surface area contributed by atoms with Crippen molar-refractivity contribution in [1.82, 2.24) is 0 Å². The maximum atomic E-state index is 6.00. The van der Waals surface area contributed by atoms with Crippen molar-refractivity contribution in [3.05, 3.63) is 28.8 Å². The van der Waals surface area contributed by atoms with Gasteiger partial charge in [0.05, 0.1) is 13.2 Å². The van der Waals surface area contributed by atoms with Gasteiger partial charge in [-0.05, 0) is 37.1 Å². The zero-order chi connectivity index (χ0) is 12.3. The van der Waals surface area contributed by atoms with Crippen LogP contribution in [0.25, 0.3) is 0 Å². The number of ether oxygens (including phenoxy) is 2. The predicted octanol–water partition coefficient (Wildman–Crippen LogP) is 2.40. The second-order valence-corrected chi connectivity index (χ2v) is 4.97. The van der Waals surface area contributed by atoms with Gasteiger partial charge in [-0.25, -0.2) is 0 Å². The van der Waals surface area contributed by atoms with Gasteiger partial charge < -0.3 is 15.2 Å². The maximum absolute atomic E-state index is 6.00. The first kappa shape index (κ1) is 12.7. The zero-order valence-corrected chi connectivity index (χ0v) is 10.7. The number of nitrogens with two attached hydrogens (primary N) is 1. The molecule has 0 aromatic heterocycles. The molecule has 1 fully saturated rings. The fourth-order valence-electron chi connectivity index (χ4n) is 1.95. The second kappa shape index (κ2) is 5.71. The molecule has 1 aliphatic heterocycles. The van der Waals surface area contributed by atoms with Gasteiger partial charge in [-0.3, -0.25) is 0 Å². The van der Waals surface area contributed by atoms with Crippen LogP contribution in [0.15, 0.2) is 18.2 Å². The van der Waals surface area contributed by atoms with E-state index in [4.69, 9.17) is 26.8 Å². The molecule has 0 aliphatic carbocycles. The van der Waals surface area contributed by atoms with Crippen molar-refractivity contribution in [2.24, 2.45) is 5.73 Å². The van der Waals surface area contributed by atoms with Crippen LogP contribution in [-0.2, 0) is 11.2 Å². The van der Waals surface area contributed by atoms with E-state index in [1.54, 1.807) is 0 Å². The Morgan fingerprint density at radius 3 is 3.06 bits per heavy atom. The number of benzene rings is 1. The molecular formula is C13H18ClNO2. The van der Waals surface area contributed by atoms with Crippen LogP contribution >= 0.6 is 11.6 Å². The van der Waals surface area contributed by atoms with Crippen molar-refractivity contribution in [2.45, 2.75) is 31.9 Å². The minimum atomic E-state index is 0.0932. The fraction of sp³-hybridized carbons (Fsp3) is 0.538. The predicted molar refractivity (Wildman–Crippen MR) is 68.7 cm³/mol. The van der Waals surface area contributed by atoms with E-state index in [0.717, 1.165) is 35.8 Å². The first-order valence-corrected chi connectivity index (χ1v) is 6.31. The summed E-state index contributed by atoms with van der Waals surface area (Å²) in [5.41, 5.74) is 6.90. The molecule has 4 heteroatoms. The third kappa shape index (κ3) is 3.60. The lowest BCUT2D eigenvalue weighted by atomic mass is 10.1. The quantitative estimate of drug-likeness (QED) is 0.899. The van der Waals surface area contributed by atoms with Gasteiger partial charge in [-0.1, -0.05) is 11.6 Å². The van der Waals surface area contributed by atoms with E-state index in [1.165, 1.54) is 0 Å². The molecule has 0 radical (unpaired) electrons. The Morgan fingerprint density at radius 1 is 1.59 bits per heavy atom. The molecule has 94 valence electrons. The van der Waals surface area contributed by atoms with Crippen LogP contribution < -0.4 is 10.5 Å². The Hall–Kier alpha value is -0.770. The Kier molecular flexibility index (Phi) is 4.26. The first-order valence-electron chi connectivity index (χ1n) is 5.93. The summed E-state index contributed by atoms with van der Waals surface area (Å²) in [6.45, 7) is 3.42. The molecule has 3 nitrogen and oxygen atoms in total.